The van der Waals surface area contributed by atoms with Crippen molar-refractivity contribution in [2.75, 3.05) is 6.54 Å². The fourth-order valence-electron chi connectivity index (χ4n) is 0.905. The molecule has 4 heteroatoms. The Morgan fingerprint density at radius 1 is 1.57 bits per heavy atom. The summed E-state index contributed by atoms with van der Waals surface area (Å²) in [6.45, 7) is 7.15. The quantitative estimate of drug-likeness (QED) is 0.831. The van der Waals surface area contributed by atoms with E-state index in [1.807, 2.05) is 0 Å². The normalized spacial score (nSPS) is 12.9. The predicted molar refractivity (Wildman–Crippen MR) is 58.4 cm³/mol. The minimum Gasteiger partial charge on any atom is -0.350 e. The van der Waals surface area contributed by atoms with Gasteiger partial charge in [-0.15, -0.1) is 11.3 Å². The van der Waals surface area contributed by atoms with Crippen LogP contribution in [-0.2, 0) is 0 Å². The SMILES string of the molecule is CC(C)C(C)CNC(=O)c1cscn1. The van der Waals surface area contributed by atoms with E-state index >= 15 is 0 Å². The summed E-state index contributed by atoms with van der Waals surface area (Å²) in [5, 5.41) is 4.63. The van der Waals surface area contributed by atoms with Crippen LogP contribution < -0.4 is 5.32 Å². The van der Waals surface area contributed by atoms with Gasteiger partial charge in [-0.25, -0.2) is 4.98 Å². The van der Waals surface area contributed by atoms with Gasteiger partial charge in [-0.1, -0.05) is 20.8 Å². The van der Waals surface area contributed by atoms with Crippen LogP contribution in [0.15, 0.2) is 10.9 Å². The maximum absolute atomic E-state index is 11.5. The zero-order chi connectivity index (χ0) is 10.6. The third kappa shape index (κ3) is 3.10. The van der Waals surface area contributed by atoms with Crippen molar-refractivity contribution in [2.45, 2.75) is 20.8 Å². The molecule has 1 amide bonds. The van der Waals surface area contributed by atoms with Crippen LogP contribution in [0.25, 0.3) is 0 Å². The number of nitrogens with zero attached hydrogens (tertiary/aromatic N) is 1. The minimum absolute atomic E-state index is 0.0706. The maximum atomic E-state index is 11.5. The second-order valence-electron chi connectivity index (χ2n) is 3.81. The first-order chi connectivity index (χ1) is 6.61. The molecule has 1 atom stereocenters. The molecule has 0 radical (unpaired) electrons. The number of thiazole rings is 1. The molecule has 3 nitrogen and oxygen atoms in total. The third-order valence-corrected chi connectivity index (χ3v) is 2.97. The van der Waals surface area contributed by atoms with E-state index in [1.165, 1.54) is 11.3 Å². The van der Waals surface area contributed by atoms with Gasteiger partial charge in [-0.2, -0.15) is 0 Å². The standard InChI is InChI=1S/C10H16N2OS/c1-7(2)8(3)4-11-10(13)9-5-14-6-12-9/h5-8H,4H2,1-3H3,(H,11,13). The lowest BCUT2D eigenvalue weighted by Crippen LogP contribution is -2.30. The number of amides is 1. The molecule has 0 aliphatic rings. The molecule has 0 saturated heterocycles. The summed E-state index contributed by atoms with van der Waals surface area (Å²) in [6.07, 6.45) is 0. The van der Waals surface area contributed by atoms with E-state index in [1.54, 1.807) is 10.9 Å². The average Bonchev–Trinajstić information content (AvgIpc) is 2.66. The Balaban J connectivity index is 2.36. The van der Waals surface area contributed by atoms with Crippen molar-refractivity contribution < 1.29 is 4.79 Å². The highest BCUT2D eigenvalue weighted by molar-refractivity contribution is 7.07. The zero-order valence-electron chi connectivity index (χ0n) is 8.78. The molecule has 1 rings (SSSR count). The summed E-state index contributed by atoms with van der Waals surface area (Å²) >= 11 is 1.44. The molecule has 1 heterocycles. The van der Waals surface area contributed by atoms with Crippen molar-refractivity contribution in [3.05, 3.63) is 16.6 Å². The van der Waals surface area contributed by atoms with Crippen LogP contribution in [-0.4, -0.2) is 17.4 Å². The number of carbonyl (C=O) groups is 1. The van der Waals surface area contributed by atoms with E-state index in [9.17, 15) is 4.79 Å². The van der Waals surface area contributed by atoms with Gasteiger partial charge in [0.2, 0.25) is 0 Å². The number of hydrogen-bond donors (Lipinski definition) is 1. The summed E-state index contributed by atoms with van der Waals surface area (Å²) in [4.78, 5) is 15.4. The lowest BCUT2D eigenvalue weighted by Gasteiger charge is -2.15. The molecule has 0 bridgehead atoms. The van der Waals surface area contributed by atoms with Crippen molar-refractivity contribution in [3.63, 3.8) is 0 Å². The Bertz CT molecular complexity index is 282. The Hall–Kier alpha value is -0.900. The molecule has 1 N–H and O–H groups in total. The number of nitrogens with one attached hydrogen (secondary N) is 1. The molecular weight excluding hydrogens is 196 g/mol. The smallest absolute Gasteiger partial charge is 0.270 e. The first-order valence-corrected chi connectivity index (χ1v) is 5.72. The molecule has 78 valence electrons. The number of hydrogen-bond acceptors (Lipinski definition) is 3. The van der Waals surface area contributed by atoms with Gasteiger partial charge in [-0.05, 0) is 11.8 Å². The highest BCUT2D eigenvalue weighted by atomic mass is 32.1. The summed E-state index contributed by atoms with van der Waals surface area (Å²) in [6, 6.07) is 0. The Morgan fingerprint density at radius 2 is 2.29 bits per heavy atom. The van der Waals surface area contributed by atoms with Crippen LogP contribution in [0.5, 0.6) is 0 Å². The van der Waals surface area contributed by atoms with Gasteiger partial charge in [0.15, 0.2) is 0 Å². The van der Waals surface area contributed by atoms with Crippen LogP contribution in [0, 0.1) is 11.8 Å². The molecule has 0 saturated carbocycles. The largest absolute Gasteiger partial charge is 0.350 e. The lowest BCUT2D eigenvalue weighted by atomic mass is 9.98. The van der Waals surface area contributed by atoms with Crippen LogP contribution in [0.3, 0.4) is 0 Å². The van der Waals surface area contributed by atoms with E-state index in [-0.39, 0.29) is 5.91 Å². The molecule has 1 aromatic rings. The summed E-state index contributed by atoms with van der Waals surface area (Å²) in [5.74, 6) is 1.02. The molecule has 0 aliphatic heterocycles. The summed E-state index contributed by atoms with van der Waals surface area (Å²) in [7, 11) is 0. The first-order valence-electron chi connectivity index (χ1n) is 4.77. The van der Waals surface area contributed by atoms with Gasteiger partial charge in [0.05, 0.1) is 5.51 Å². The first kappa shape index (κ1) is 11.2. The Kier molecular flexibility index (Phi) is 4.07. The number of rotatable bonds is 4. The fourth-order valence-corrected chi connectivity index (χ4v) is 1.44. The van der Waals surface area contributed by atoms with E-state index in [2.05, 4.69) is 31.1 Å². The van der Waals surface area contributed by atoms with Crippen molar-refractivity contribution in [2.24, 2.45) is 11.8 Å². The number of aromatic nitrogens is 1. The van der Waals surface area contributed by atoms with Crippen LogP contribution in [0.1, 0.15) is 31.3 Å². The minimum atomic E-state index is -0.0706. The summed E-state index contributed by atoms with van der Waals surface area (Å²) < 4.78 is 0. The molecular formula is C10H16N2OS. The van der Waals surface area contributed by atoms with Crippen molar-refractivity contribution in [1.29, 1.82) is 0 Å². The molecule has 0 aromatic carbocycles. The van der Waals surface area contributed by atoms with Crippen molar-refractivity contribution >= 4 is 17.2 Å². The molecule has 1 aromatic heterocycles. The maximum Gasteiger partial charge on any atom is 0.270 e. The second kappa shape index (κ2) is 5.10. The molecule has 0 spiro atoms. The highest BCUT2D eigenvalue weighted by Crippen LogP contribution is 2.08. The Morgan fingerprint density at radius 3 is 2.79 bits per heavy atom. The number of carbonyl (C=O) groups excluding carboxylic acids is 1. The van der Waals surface area contributed by atoms with Crippen molar-refractivity contribution in [3.8, 4) is 0 Å². The van der Waals surface area contributed by atoms with E-state index < -0.39 is 0 Å². The second-order valence-corrected chi connectivity index (χ2v) is 4.52. The molecule has 14 heavy (non-hydrogen) atoms. The Labute approximate surface area is 88.6 Å². The molecule has 0 aliphatic carbocycles. The topological polar surface area (TPSA) is 42.0 Å². The van der Waals surface area contributed by atoms with Crippen LogP contribution in [0.2, 0.25) is 0 Å². The molecule has 0 fully saturated rings. The van der Waals surface area contributed by atoms with Gasteiger partial charge in [0.25, 0.3) is 5.91 Å². The monoisotopic (exact) mass is 212 g/mol. The van der Waals surface area contributed by atoms with Crippen LogP contribution in [0.4, 0.5) is 0 Å². The predicted octanol–water partition coefficient (Wildman–Crippen LogP) is 2.17. The fraction of sp³-hybridized carbons (Fsp3) is 0.600. The highest BCUT2D eigenvalue weighted by Gasteiger charge is 2.11. The average molecular weight is 212 g/mol. The van der Waals surface area contributed by atoms with Gasteiger partial charge in [0, 0.05) is 11.9 Å². The van der Waals surface area contributed by atoms with Gasteiger partial charge >= 0.3 is 0 Å². The third-order valence-electron chi connectivity index (χ3n) is 2.39. The van der Waals surface area contributed by atoms with E-state index in [0.717, 1.165) is 0 Å². The van der Waals surface area contributed by atoms with Crippen LogP contribution >= 0.6 is 11.3 Å². The van der Waals surface area contributed by atoms with Crippen molar-refractivity contribution in [1.82, 2.24) is 10.3 Å². The lowest BCUT2D eigenvalue weighted by molar-refractivity contribution is 0.0940. The van der Waals surface area contributed by atoms with Gasteiger partial charge < -0.3 is 5.32 Å². The van der Waals surface area contributed by atoms with E-state index in [0.29, 0.717) is 24.1 Å². The van der Waals surface area contributed by atoms with E-state index in [4.69, 9.17) is 0 Å². The van der Waals surface area contributed by atoms with Gasteiger partial charge in [0.1, 0.15) is 5.69 Å². The zero-order valence-corrected chi connectivity index (χ0v) is 9.60. The molecule has 1 unspecified atom stereocenters. The van der Waals surface area contributed by atoms with Gasteiger partial charge in [-0.3, -0.25) is 4.79 Å². The summed E-state index contributed by atoms with van der Waals surface area (Å²) in [5.41, 5.74) is 2.19.